The topological polar surface area (TPSA) is 49.2 Å². The van der Waals surface area contributed by atoms with Crippen molar-refractivity contribution in [2.45, 2.75) is 111 Å². The maximum Gasteiger partial charge on any atom is 0.219 e. The molecule has 7 rings (SSSR count). The molecule has 0 unspecified atom stereocenters. The Morgan fingerprint density at radius 1 is 0.426 bits per heavy atom. The average Bonchev–Trinajstić information content (AvgIpc) is 3.69. The molecule has 7 aromatic rings. The van der Waals surface area contributed by atoms with Crippen LogP contribution in [-0.2, 0) is 28.2 Å². The van der Waals surface area contributed by atoms with E-state index < -0.39 is 0 Å². The van der Waals surface area contributed by atoms with E-state index in [2.05, 4.69) is 182 Å². The number of aromatic nitrogens is 3. The number of ether oxygens (including phenoxy) is 2. The minimum absolute atomic E-state index is 0.123. The first-order chi connectivity index (χ1) is 28.7. The fourth-order valence-corrected chi connectivity index (χ4v) is 5.96. The first-order valence-corrected chi connectivity index (χ1v) is 21.8. The maximum atomic E-state index is 5.75. The fourth-order valence-electron chi connectivity index (χ4n) is 5.70. The predicted octanol–water partition coefficient (Wildman–Crippen LogP) is 15.9. The largest absolute Gasteiger partial charge is 0.457 e. The van der Waals surface area contributed by atoms with Crippen LogP contribution in [0, 0.1) is 0 Å². The molecule has 2 heterocycles. The second-order valence-electron chi connectivity index (χ2n) is 19.2. The van der Waals surface area contributed by atoms with Crippen molar-refractivity contribution in [1.29, 1.82) is 0 Å². The summed E-state index contributed by atoms with van der Waals surface area (Å²) in [5, 5.41) is 4.39. The van der Waals surface area contributed by atoms with E-state index in [1.54, 1.807) is 0 Å². The Hall–Kier alpha value is -5.46. The normalized spacial score (nSPS) is 11.4. The molecule has 0 aliphatic heterocycles. The first-order valence-electron chi connectivity index (χ1n) is 21.0. The van der Waals surface area contributed by atoms with Crippen LogP contribution in [0.25, 0.3) is 0 Å². The summed E-state index contributed by atoms with van der Waals surface area (Å²) in [6, 6.07) is 50.7. The Kier molecular flexibility index (Phi) is 17.3. The van der Waals surface area contributed by atoms with Crippen LogP contribution in [0.5, 0.6) is 23.1 Å². The van der Waals surface area contributed by atoms with Gasteiger partial charge in [-0.05, 0) is 98.0 Å². The Morgan fingerprint density at radius 3 is 1.26 bits per heavy atom. The van der Waals surface area contributed by atoms with E-state index in [1.165, 1.54) is 27.8 Å². The molecule has 0 amide bonds. The summed E-state index contributed by atoms with van der Waals surface area (Å²) >= 11 is 3.41. The van der Waals surface area contributed by atoms with Crippen LogP contribution in [-0.4, -0.2) is 14.8 Å². The van der Waals surface area contributed by atoms with Gasteiger partial charge in [0.05, 0.1) is 12.7 Å². The molecule has 0 fully saturated rings. The van der Waals surface area contributed by atoms with E-state index in [0.717, 1.165) is 28.3 Å². The Labute approximate surface area is 375 Å². The third-order valence-electron chi connectivity index (χ3n) is 9.66. The van der Waals surface area contributed by atoms with Gasteiger partial charge in [-0.2, -0.15) is 5.10 Å². The van der Waals surface area contributed by atoms with Crippen molar-refractivity contribution >= 4 is 15.9 Å². The highest BCUT2D eigenvalue weighted by molar-refractivity contribution is 9.10. The van der Waals surface area contributed by atoms with E-state index in [-0.39, 0.29) is 21.7 Å². The Bertz CT molecular complexity index is 2180. The number of hydrogen-bond donors (Lipinski definition) is 0. The molecule has 5 aromatic carbocycles. The highest BCUT2D eigenvalue weighted by atomic mass is 79.9. The molecule has 0 radical (unpaired) electrons. The van der Waals surface area contributed by atoms with Gasteiger partial charge in [0, 0.05) is 22.9 Å². The van der Waals surface area contributed by atoms with Crippen molar-refractivity contribution in [3.05, 3.63) is 203 Å². The number of para-hydroxylation sites is 2. The molecule has 2 aromatic heterocycles. The highest BCUT2D eigenvalue weighted by Gasteiger charge is 2.16. The minimum atomic E-state index is 0.123. The number of benzene rings is 5. The van der Waals surface area contributed by atoms with Crippen molar-refractivity contribution in [1.82, 2.24) is 14.8 Å². The number of halogens is 1. The van der Waals surface area contributed by atoms with E-state index in [1.807, 2.05) is 102 Å². The second-order valence-corrected chi connectivity index (χ2v) is 20.1. The van der Waals surface area contributed by atoms with E-state index >= 15 is 0 Å². The van der Waals surface area contributed by atoms with Gasteiger partial charge in [-0.15, -0.1) is 0 Å². The van der Waals surface area contributed by atoms with Crippen LogP contribution in [0.15, 0.2) is 175 Å². The van der Waals surface area contributed by atoms with Gasteiger partial charge in [-0.25, -0.2) is 4.98 Å². The fraction of sp³-hybridized carbons (Fsp3) is 0.309. The summed E-state index contributed by atoms with van der Waals surface area (Å²) in [5.41, 5.74) is 7.21. The zero-order valence-electron chi connectivity index (χ0n) is 38.4. The zero-order valence-corrected chi connectivity index (χ0v) is 40.0. The molecule has 6 heteroatoms. The summed E-state index contributed by atoms with van der Waals surface area (Å²) in [7, 11) is 0. The lowest BCUT2D eigenvalue weighted by atomic mass is 9.87. The standard InChI is InChI=1S/C16H18O.C15H17NO.C14H18N2.C10H13Br/c1-16(2,3)13-9-11-15(12-10-13)17-14-7-5-4-6-8-14;1-15(2,3)12-9-10-14(16-11-12)17-13-7-5-4-6-8-13;1-14(2,3)13-9-15-16(11-13)10-12-7-5-4-6-8-12;1-10(2,3)8-4-6-9(11)7-5-8/h4-12H,1-3H3;4-11H,1-3H3;4-9,11H,10H2,1-3H3;4-7H,1-3H3. The summed E-state index contributed by atoms with van der Waals surface area (Å²) in [6.45, 7) is 27.2. The van der Waals surface area contributed by atoms with Gasteiger partial charge < -0.3 is 9.47 Å². The molecular formula is C55H66BrN3O2. The molecule has 0 saturated heterocycles. The van der Waals surface area contributed by atoms with Crippen LogP contribution in [0.1, 0.15) is 111 Å². The summed E-state index contributed by atoms with van der Waals surface area (Å²) < 4.78 is 14.5. The van der Waals surface area contributed by atoms with Gasteiger partial charge in [-0.3, -0.25) is 4.68 Å². The molecule has 0 aliphatic carbocycles. The van der Waals surface area contributed by atoms with Gasteiger partial charge >= 0.3 is 0 Å². The molecule has 0 atom stereocenters. The lowest BCUT2D eigenvalue weighted by molar-refractivity contribution is 0.461. The monoisotopic (exact) mass is 879 g/mol. The molecule has 0 bridgehead atoms. The predicted molar refractivity (Wildman–Crippen MR) is 260 cm³/mol. The van der Waals surface area contributed by atoms with Gasteiger partial charge in [0.25, 0.3) is 0 Å². The third kappa shape index (κ3) is 17.2. The lowest BCUT2D eigenvalue weighted by Gasteiger charge is -2.19. The summed E-state index contributed by atoms with van der Waals surface area (Å²) in [5.74, 6) is 3.19. The maximum absolute atomic E-state index is 5.75. The van der Waals surface area contributed by atoms with Gasteiger partial charge in [0.1, 0.15) is 17.2 Å². The van der Waals surface area contributed by atoms with Gasteiger partial charge in [0.15, 0.2) is 0 Å². The Balaban J connectivity index is 0.000000181. The molecule has 0 aliphatic rings. The van der Waals surface area contributed by atoms with Gasteiger partial charge in [0.2, 0.25) is 5.88 Å². The van der Waals surface area contributed by atoms with E-state index in [9.17, 15) is 0 Å². The van der Waals surface area contributed by atoms with Crippen LogP contribution >= 0.6 is 15.9 Å². The van der Waals surface area contributed by atoms with Crippen LogP contribution in [0.2, 0.25) is 0 Å². The lowest BCUT2D eigenvalue weighted by Crippen LogP contribution is -2.11. The molecule has 0 spiro atoms. The smallest absolute Gasteiger partial charge is 0.219 e. The third-order valence-corrected chi connectivity index (χ3v) is 10.2. The summed E-state index contributed by atoms with van der Waals surface area (Å²) in [6.07, 6.45) is 5.97. The number of pyridine rings is 1. The summed E-state index contributed by atoms with van der Waals surface area (Å²) in [4.78, 5) is 4.32. The second kappa shape index (κ2) is 21.9. The van der Waals surface area contributed by atoms with Crippen LogP contribution in [0.4, 0.5) is 0 Å². The van der Waals surface area contributed by atoms with E-state index in [4.69, 9.17) is 9.47 Å². The SMILES string of the molecule is CC(C)(C)c1ccc(Br)cc1.CC(C)(C)c1ccc(Oc2ccccc2)cc1.CC(C)(C)c1ccc(Oc2ccccc2)nc1.CC(C)(C)c1cnn(Cc2ccccc2)c1. The van der Waals surface area contributed by atoms with Crippen molar-refractivity contribution in [2.24, 2.45) is 0 Å². The molecular weight excluding hydrogens is 815 g/mol. The van der Waals surface area contributed by atoms with Crippen LogP contribution in [0.3, 0.4) is 0 Å². The number of rotatable bonds is 6. The van der Waals surface area contributed by atoms with Crippen molar-refractivity contribution in [3.8, 4) is 23.1 Å². The van der Waals surface area contributed by atoms with Crippen LogP contribution < -0.4 is 9.47 Å². The minimum Gasteiger partial charge on any atom is -0.457 e. The molecule has 0 saturated carbocycles. The number of nitrogens with zero attached hydrogens (tertiary/aromatic N) is 3. The molecule has 320 valence electrons. The van der Waals surface area contributed by atoms with Crippen molar-refractivity contribution < 1.29 is 9.47 Å². The Morgan fingerprint density at radius 2 is 0.836 bits per heavy atom. The molecule has 5 nitrogen and oxygen atoms in total. The van der Waals surface area contributed by atoms with Gasteiger partial charge in [-0.1, -0.05) is 196 Å². The average molecular weight is 881 g/mol. The quantitative estimate of drug-likeness (QED) is 0.167. The molecule has 61 heavy (non-hydrogen) atoms. The zero-order chi connectivity index (χ0) is 44.7. The first kappa shape index (κ1) is 48.2. The van der Waals surface area contributed by atoms with Crippen molar-refractivity contribution in [2.75, 3.05) is 0 Å². The number of hydrogen-bond acceptors (Lipinski definition) is 4. The van der Waals surface area contributed by atoms with Crippen molar-refractivity contribution in [3.63, 3.8) is 0 Å². The molecule has 0 N–H and O–H groups in total. The highest BCUT2D eigenvalue weighted by Crippen LogP contribution is 2.28. The van der Waals surface area contributed by atoms with E-state index in [0.29, 0.717) is 5.88 Å².